The molecule has 0 aromatic heterocycles. The highest BCUT2D eigenvalue weighted by Crippen LogP contribution is 2.55. The number of carbonyl (C=O) groups is 2. The van der Waals surface area contributed by atoms with E-state index in [4.69, 9.17) is 9.47 Å². The first-order valence-electron chi connectivity index (χ1n) is 10.4. The summed E-state index contributed by atoms with van der Waals surface area (Å²) in [6, 6.07) is 9.65. The van der Waals surface area contributed by atoms with Gasteiger partial charge in [0.1, 0.15) is 0 Å². The topological polar surface area (TPSA) is 52.6 Å². The molecule has 2 heterocycles. The maximum atomic E-state index is 13.9. The summed E-state index contributed by atoms with van der Waals surface area (Å²) in [5.74, 6) is -1.30. The lowest BCUT2D eigenvalue weighted by Crippen LogP contribution is -2.53. The van der Waals surface area contributed by atoms with Crippen molar-refractivity contribution in [3.05, 3.63) is 59.2 Å². The molecule has 0 radical (unpaired) electrons. The van der Waals surface area contributed by atoms with Gasteiger partial charge in [-0.1, -0.05) is 78.0 Å². The number of allylic oxidation sites excluding steroid dienone is 2. The van der Waals surface area contributed by atoms with Crippen molar-refractivity contribution in [2.24, 2.45) is 10.8 Å². The van der Waals surface area contributed by atoms with Crippen molar-refractivity contribution >= 4 is 11.6 Å². The van der Waals surface area contributed by atoms with E-state index in [1.165, 1.54) is 0 Å². The molecule has 2 fully saturated rings. The molecule has 0 amide bonds. The predicted octanol–water partition coefficient (Wildman–Crippen LogP) is 4.88. The minimum atomic E-state index is -1.41. The summed E-state index contributed by atoms with van der Waals surface area (Å²) >= 11 is 0. The Labute approximate surface area is 173 Å². The summed E-state index contributed by atoms with van der Waals surface area (Å²) in [5.41, 5.74) is 0.528. The Kier molecular flexibility index (Phi) is 4.35. The smallest absolute Gasteiger partial charge is 0.198 e. The molecular formula is C25H30O4. The van der Waals surface area contributed by atoms with Crippen LogP contribution in [0.1, 0.15) is 59.9 Å². The van der Waals surface area contributed by atoms with Crippen molar-refractivity contribution < 1.29 is 19.1 Å². The SMILES string of the molecule is CC(C)(C)C1=C[C@@]2(O[C@]3(c4ccccc4)CCC(=O)[C@H]2O3)C(=O)C(C(C)(C)C)=C1. The van der Waals surface area contributed by atoms with E-state index in [0.29, 0.717) is 18.4 Å². The van der Waals surface area contributed by atoms with Gasteiger partial charge in [0.2, 0.25) is 0 Å². The average Bonchev–Trinajstić information content (AvgIpc) is 2.92. The molecule has 0 unspecified atom stereocenters. The number of carbonyl (C=O) groups excluding carboxylic acids is 2. The first-order chi connectivity index (χ1) is 13.4. The van der Waals surface area contributed by atoms with Gasteiger partial charge in [-0.2, -0.15) is 0 Å². The molecule has 4 rings (SSSR count). The lowest BCUT2D eigenvalue weighted by atomic mass is 9.68. The van der Waals surface area contributed by atoms with Crippen LogP contribution in [0, 0.1) is 10.8 Å². The van der Waals surface area contributed by atoms with Crippen LogP contribution in [0.4, 0.5) is 0 Å². The third-order valence-corrected chi connectivity index (χ3v) is 6.18. The highest BCUT2D eigenvalue weighted by Gasteiger charge is 2.67. The molecule has 4 nitrogen and oxygen atoms in total. The molecule has 1 spiro atoms. The number of ether oxygens (including phenoxy) is 2. The molecule has 1 aliphatic carbocycles. The Bertz CT molecular complexity index is 926. The molecule has 3 atom stereocenters. The Morgan fingerprint density at radius 2 is 1.62 bits per heavy atom. The normalized spacial score (nSPS) is 32.4. The highest BCUT2D eigenvalue weighted by atomic mass is 16.8. The van der Waals surface area contributed by atoms with Crippen molar-refractivity contribution in [3.63, 3.8) is 0 Å². The summed E-state index contributed by atoms with van der Waals surface area (Å²) in [6.45, 7) is 12.4. The second-order valence-corrected chi connectivity index (χ2v) is 10.5. The predicted molar refractivity (Wildman–Crippen MR) is 111 cm³/mol. The largest absolute Gasteiger partial charge is 0.331 e. The second kappa shape index (κ2) is 6.23. The van der Waals surface area contributed by atoms with Gasteiger partial charge >= 0.3 is 0 Å². The number of benzene rings is 1. The molecule has 2 bridgehead atoms. The fraction of sp³-hybridized carbons (Fsp3) is 0.520. The maximum Gasteiger partial charge on any atom is 0.198 e. The van der Waals surface area contributed by atoms with E-state index in [0.717, 1.165) is 11.1 Å². The van der Waals surface area contributed by atoms with Crippen LogP contribution in [0.5, 0.6) is 0 Å². The lowest BCUT2D eigenvalue weighted by Gasteiger charge is -2.38. The molecule has 4 heteroatoms. The Morgan fingerprint density at radius 3 is 2.21 bits per heavy atom. The zero-order valence-corrected chi connectivity index (χ0v) is 18.2. The number of hydrogen-bond acceptors (Lipinski definition) is 4. The van der Waals surface area contributed by atoms with E-state index >= 15 is 0 Å². The second-order valence-electron chi connectivity index (χ2n) is 10.5. The van der Waals surface area contributed by atoms with Crippen LogP contribution in [0.2, 0.25) is 0 Å². The van der Waals surface area contributed by atoms with Crippen molar-refractivity contribution in [2.75, 3.05) is 0 Å². The van der Waals surface area contributed by atoms with E-state index in [9.17, 15) is 9.59 Å². The first kappa shape index (κ1) is 20.2. The van der Waals surface area contributed by atoms with Crippen molar-refractivity contribution in [1.82, 2.24) is 0 Å². The summed E-state index contributed by atoms with van der Waals surface area (Å²) in [5, 5.41) is 0. The minimum absolute atomic E-state index is 0.0675. The monoisotopic (exact) mass is 394 g/mol. The van der Waals surface area contributed by atoms with Crippen LogP contribution >= 0.6 is 0 Å². The van der Waals surface area contributed by atoms with E-state index in [1.54, 1.807) is 0 Å². The molecule has 2 saturated heterocycles. The number of hydrogen-bond donors (Lipinski definition) is 0. The van der Waals surface area contributed by atoms with Crippen LogP contribution in [-0.2, 0) is 24.8 Å². The van der Waals surface area contributed by atoms with Crippen LogP contribution in [0.3, 0.4) is 0 Å². The van der Waals surface area contributed by atoms with Gasteiger partial charge in [0.15, 0.2) is 29.1 Å². The molecule has 29 heavy (non-hydrogen) atoms. The quantitative estimate of drug-likeness (QED) is 0.681. The average molecular weight is 395 g/mol. The van der Waals surface area contributed by atoms with Crippen molar-refractivity contribution in [3.8, 4) is 0 Å². The van der Waals surface area contributed by atoms with E-state index in [-0.39, 0.29) is 22.4 Å². The number of ketones is 2. The summed E-state index contributed by atoms with van der Waals surface area (Å²) < 4.78 is 12.9. The Hall–Kier alpha value is -2.04. The van der Waals surface area contributed by atoms with Gasteiger partial charge < -0.3 is 9.47 Å². The van der Waals surface area contributed by atoms with Crippen LogP contribution in [0.25, 0.3) is 0 Å². The number of fused-ring (bicyclic) bond motifs is 3. The summed E-state index contributed by atoms with van der Waals surface area (Å²) in [7, 11) is 0. The molecule has 1 aromatic carbocycles. The fourth-order valence-electron chi connectivity index (χ4n) is 4.46. The zero-order chi connectivity index (χ0) is 21.2. The van der Waals surface area contributed by atoms with Gasteiger partial charge in [0, 0.05) is 24.0 Å². The van der Waals surface area contributed by atoms with Gasteiger partial charge in [0.25, 0.3) is 0 Å². The summed E-state index contributed by atoms with van der Waals surface area (Å²) in [6.07, 6.45) is 3.67. The molecule has 3 aliphatic rings. The zero-order valence-electron chi connectivity index (χ0n) is 18.2. The lowest BCUT2D eigenvalue weighted by molar-refractivity contribution is -0.207. The summed E-state index contributed by atoms with van der Waals surface area (Å²) in [4.78, 5) is 26.8. The van der Waals surface area contributed by atoms with Crippen LogP contribution < -0.4 is 0 Å². The molecule has 1 aromatic rings. The standard InChI is InChI=1S/C25H30O4/c1-22(2,3)17-14-18(23(4,5)6)20(27)24(15-17)21-19(26)12-13-25(28-21,29-24)16-10-8-7-9-11-16/h7-11,14-15,21H,12-13H2,1-6H3/t21-,24-,25+/m1/s1. The van der Waals surface area contributed by atoms with Gasteiger partial charge in [-0.15, -0.1) is 0 Å². The Balaban J connectivity index is 1.92. The van der Waals surface area contributed by atoms with Crippen molar-refractivity contribution in [1.29, 1.82) is 0 Å². The number of Topliss-reactive ketones (excluding diaryl/α,β-unsaturated/α-hetero) is 2. The van der Waals surface area contributed by atoms with Gasteiger partial charge in [-0.05, 0) is 22.5 Å². The van der Waals surface area contributed by atoms with Crippen LogP contribution in [0.15, 0.2) is 53.6 Å². The first-order valence-corrected chi connectivity index (χ1v) is 10.4. The van der Waals surface area contributed by atoms with Crippen molar-refractivity contribution in [2.45, 2.75) is 71.9 Å². The molecular weight excluding hydrogens is 364 g/mol. The molecule has 154 valence electrons. The van der Waals surface area contributed by atoms with Gasteiger partial charge in [-0.3, -0.25) is 9.59 Å². The van der Waals surface area contributed by atoms with Gasteiger partial charge in [0.05, 0.1) is 0 Å². The van der Waals surface area contributed by atoms with Crippen LogP contribution in [-0.4, -0.2) is 23.3 Å². The van der Waals surface area contributed by atoms with E-state index < -0.39 is 17.5 Å². The molecule has 2 aliphatic heterocycles. The van der Waals surface area contributed by atoms with E-state index in [2.05, 4.69) is 20.8 Å². The third-order valence-electron chi connectivity index (χ3n) is 6.18. The third kappa shape index (κ3) is 3.04. The van der Waals surface area contributed by atoms with E-state index in [1.807, 2.05) is 63.3 Å². The minimum Gasteiger partial charge on any atom is -0.331 e. The fourth-order valence-corrected chi connectivity index (χ4v) is 4.46. The molecule has 0 saturated carbocycles. The highest BCUT2D eigenvalue weighted by molar-refractivity contribution is 6.10. The van der Waals surface area contributed by atoms with Gasteiger partial charge in [-0.25, -0.2) is 0 Å². The molecule has 0 N–H and O–H groups in total. The maximum absolute atomic E-state index is 13.9. The number of rotatable bonds is 1. The Morgan fingerprint density at radius 1 is 0.966 bits per heavy atom.